The molecule has 2 aromatic carbocycles. The van der Waals surface area contributed by atoms with Gasteiger partial charge in [0.1, 0.15) is 12.4 Å². The summed E-state index contributed by atoms with van der Waals surface area (Å²) in [6.07, 6.45) is 0. The molecule has 26 heavy (non-hydrogen) atoms. The quantitative estimate of drug-likeness (QED) is 0.756. The highest BCUT2D eigenvalue weighted by atomic mass is 35.5. The molecule has 0 heterocycles. The Morgan fingerprint density at radius 2 is 2.00 bits per heavy atom. The summed E-state index contributed by atoms with van der Waals surface area (Å²) in [4.78, 5) is 14.2. The van der Waals surface area contributed by atoms with Crippen molar-refractivity contribution in [2.24, 2.45) is 0 Å². The molecule has 0 aromatic heterocycles. The predicted octanol–water partition coefficient (Wildman–Crippen LogP) is 3.83. The lowest BCUT2D eigenvalue weighted by atomic mass is 10.2. The fourth-order valence-electron chi connectivity index (χ4n) is 2.25. The summed E-state index contributed by atoms with van der Waals surface area (Å²) in [5, 5.41) is 3.23. The average molecular weight is 381 g/mol. The highest BCUT2D eigenvalue weighted by molar-refractivity contribution is 6.32. The molecule has 0 spiro atoms. The SMILES string of the molecule is COc1ccc(NC(=O)C(C)N(C)CCOc2ccccc2F)cc1Cl. The molecule has 1 N–H and O–H groups in total. The van der Waals surface area contributed by atoms with Gasteiger partial charge < -0.3 is 14.8 Å². The van der Waals surface area contributed by atoms with Crippen LogP contribution in [0.4, 0.5) is 10.1 Å². The summed E-state index contributed by atoms with van der Waals surface area (Å²) in [5.41, 5.74) is 0.587. The number of nitrogens with zero attached hydrogens (tertiary/aromatic N) is 1. The van der Waals surface area contributed by atoms with Crippen molar-refractivity contribution < 1.29 is 18.7 Å². The van der Waals surface area contributed by atoms with Gasteiger partial charge in [0.05, 0.1) is 18.2 Å². The largest absolute Gasteiger partial charge is 0.495 e. The second kappa shape index (κ2) is 9.40. The number of anilines is 1. The Morgan fingerprint density at radius 1 is 1.27 bits per heavy atom. The lowest BCUT2D eigenvalue weighted by molar-refractivity contribution is -0.120. The van der Waals surface area contributed by atoms with E-state index < -0.39 is 11.9 Å². The second-order valence-corrected chi connectivity index (χ2v) is 6.18. The minimum Gasteiger partial charge on any atom is -0.495 e. The Kier molecular flexibility index (Phi) is 7.24. The number of rotatable bonds is 8. The van der Waals surface area contributed by atoms with Crippen LogP contribution in [0.25, 0.3) is 0 Å². The summed E-state index contributed by atoms with van der Waals surface area (Å²) >= 11 is 6.06. The van der Waals surface area contributed by atoms with Gasteiger partial charge >= 0.3 is 0 Å². The molecular formula is C19H22ClFN2O3. The van der Waals surface area contributed by atoms with Crippen LogP contribution < -0.4 is 14.8 Å². The zero-order valence-electron chi connectivity index (χ0n) is 15.0. The maximum absolute atomic E-state index is 13.5. The van der Waals surface area contributed by atoms with E-state index in [1.807, 2.05) is 4.90 Å². The van der Waals surface area contributed by atoms with Crippen molar-refractivity contribution in [3.05, 3.63) is 53.3 Å². The first-order valence-electron chi connectivity index (χ1n) is 8.14. The van der Waals surface area contributed by atoms with E-state index in [9.17, 15) is 9.18 Å². The summed E-state index contributed by atoms with van der Waals surface area (Å²) in [5.74, 6) is 0.156. The Bertz CT molecular complexity index is 757. The van der Waals surface area contributed by atoms with Crippen LogP contribution >= 0.6 is 11.6 Å². The number of hydrogen-bond acceptors (Lipinski definition) is 4. The third-order valence-electron chi connectivity index (χ3n) is 4.00. The number of likely N-dealkylation sites (N-methyl/N-ethyl adjacent to an activating group) is 1. The maximum atomic E-state index is 13.5. The molecular weight excluding hydrogens is 359 g/mol. The minimum absolute atomic E-state index is 0.181. The number of halogens is 2. The maximum Gasteiger partial charge on any atom is 0.241 e. The van der Waals surface area contributed by atoms with Gasteiger partial charge in [-0.2, -0.15) is 0 Å². The molecule has 0 bridgehead atoms. The van der Waals surface area contributed by atoms with E-state index in [2.05, 4.69) is 5.32 Å². The van der Waals surface area contributed by atoms with Crippen molar-refractivity contribution in [1.82, 2.24) is 4.90 Å². The third-order valence-corrected chi connectivity index (χ3v) is 4.29. The van der Waals surface area contributed by atoms with Crippen molar-refractivity contribution in [3.8, 4) is 11.5 Å². The van der Waals surface area contributed by atoms with Crippen LogP contribution in [-0.2, 0) is 4.79 Å². The fraction of sp³-hybridized carbons (Fsp3) is 0.316. The number of carbonyl (C=O) groups excluding carboxylic acids is 1. The van der Waals surface area contributed by atoms with Crippen LogP contribution in [0.15, 0.2) is 42.5 Å². The van der Waals surface area contributed by atoms with E-state index in [-0.39, 0.29) is 18.3 Å². The van der Waals surface area contributed by atoms with Gasteiger partial charge in [0.2, 0.25) is 5.91 Å². The highest BCUT2D eigenvalue weighted by Crippen LogP contribution is 2.27. The van der Waals surface area contributed by atoms with Crippen molar-refractivity contribution in [3.63, 3.8) is 0 Å². The molecule has 0 radical (unpaired) electrons. The number of para-hydroxylation sites is 1. The monoisotopic (exact) mass is 380 g/mol. The van der Waals surface area contributed by atoms with Gasteiger partial charge in [0.25, 0.3) is 0 Å². The van der Waals surface area contributed by atoms with E-state index in [1.165, 1.54) is 13.2 Å². The average Bonchev–Trinajstić information content (AvgIpc) is 2.62. The molecule has 1 atom stereocenters. The molecule has 0 aliphatic heterocycles. The standard InChI is InChI=1S/C19H22ClFN2O3/c1-13(19(24)22-14-8-9-17(25-3)15(20)12-14)23(2)10-11-26-18-7-5-4-6-16(18)21/h4-9,12-13H,10-11H2,1-3H3,(H,22,24). The number of benzene rings is 2. The first kappa shape index (κ1) is 20.0. The van der Waals surface area contributed by atoms with Gasteiger partial charge in [-0.05, 0) is 44.3 Å². The van der Waals surface area contributed by atoms with Gasteiger partial charge in [-0.25, -0.2) is 4.39 Å². The van der Waals surface area contributed by atoms with E-state index in [0.717, 1.165) is 0 Å². The molecule has 0 aliphatic rings. The van der Waals surface area contributed by atoms with Crippen LogP contribution in [-0.4, -0.2) is 44.2 Å². The Morgan fingerprint density at radius 3 is 2.65 bits per heavy atom. The van der Waals surface area contributed by atoms with Crippen LogP contribution in [0.1, 0.15) is 6.92 Å². The first-order valence-corrected chi connectivity index (χ1v) is 8.52. The zero-order valence-corrected chi connectivity index (χ0v) is 15.7. The molecule has 7 heteroatoms. The van der Waals surface area contributed by atoms with Gasteiger partial charge in [-0.15, -0.1) is 0 Å². The summed E-state index contributed by atoms with van der Waals surface area (Å²) in [6.45, 7) is 2.51. The molecule has 5 nitrogen and oxygen atoms in total. The van der Waals surface area contributed by atoms with Crippen molar-refractivity contribution >= 4 is 23.2 Å². The topological polar surface area (TPSA) is 50.8 Å². The zero-order chi connectivity index (χ0) is 19.1. The predicted molar refractivity (Wildman–Crippen MR) is 101 cm³/mol. The number of amides is 1. The van der Waals surface area contributed by atoms with Crippen LogP contribution in [0.5, 0.6) is 11.5 Å². The summed E-state index contributed by atoms with van der Waals surface area (Å²) in [6, 6.07) is 10.9. The Balaban J connectivity index is 1.85. The molecule has 0 aliphatic carbocycles. The van der Waals surface area contributed by atoms with E-state index in [1.54, 1.807) is 50.4 Å². The molecule has 1 amide bonds. The number of hydrogen-bond donors (Lipinski definition) is 1. The molecule has 2 aromatic rings. The molecule has 140 valence electrons. The lowest BCUT2D eigenvalue weighted by Gasteiger charge is -2.24. The number of nitrogens with one attached hydrogen (secondary N) is 1. The molecule has 2 rings (SSSR count). The van der Waals surface area contributed by atoms with E-state index >= 15 is 0 Å². The summed E-state index contributed by atoms with van der Waals surface area (Å²) in [7, 11) is 3.33. The lowest BCUT2D eigenvalue weighted by Crippen LogP contribution is -2.41. The Hall–Kier alpha value is -2.31. The minimum atomic E-state index is -0.405. The molecule has 0 saturated carbocycles. The smallest absolute Gasteiger partial charge is 0.241 e. The highest BCUT2D eigenvalue weighted by Gasteiger charge is 2.18. The second-order valence-electron chi connectivity index (χ2n) is 5.77. The molecule has 0 saturated heterocycles. The number of methoxy groups -OCH3 is 1. The first-order chi connectivity index (χ1) is 12.4. The number of carbonyl (C=O) groups is 1. The van der Waals surface area contributed by atoms with Gasteiger partial charge in [-0.1, -0.05) is 23.7 Å². The van der Waals surface area contributed by atoms with Crippen LogP contribution in [0.2, 0.25) is 5.02 Å². The van der Waals surface area contributed by atoms with E-state index in [0.29, 0.717) is 23.0 Å². The normalized spacial score (nSPS) is 11.9. The molecule has 1 unspecified atom stereocenters. The summed E-state index contributed by atoms with van der Waals surface area (Å²) < 4.78 is 24.0. The van der Waals surface area contributed by atoms with Crippen LogP contribution in [0.3, 0.4) is 0 Å². The van der Waals surface area contributed by atoms with E-state index in [4.69, 9.17) is 21.1 Å². The van der Waals surface area contributed by atoms with Gasteiger partial charge in [-0.3, -0.25) is 9.69 Å². The van der Waals surface area contributed by atoms with Crippen molar-refractivity contribution in [2.45, 2.75) is 13.0 Å². The molecule has 0 fully saturated rings. The van der Waals surface area contributed by atoms with Gasteiger partial charge in [0, 0.05) is 12.2 Å². The Labute approximate surface area is 157 Å². The van der Waals surface area contributed by atoms with Gasteiger partial charge in [0.15, 0.2) is 11.6 Å². The van der Waals surface area contributed by atoms with Crippen molar-refractivity contribution in [1.29, 1.82) is 0 Å². The fourth-order valence-corrected chi connectivity index (χ4v) is 2.50. The van der Waals surface area contributed by atoms with Crippen molar-refractivity contribution in [2.75, 3.05) is 32.6 Å². The van der Waals surface area contributed by atoms with Crippen LogP contribution in [0, 0.1) is 5.82 Å². The third kappa shape index (κ3) is 5.34. The number of ether oxygens (including phenoxy) is 2.